The molecule has 1 N–H and O–H groups in total. The van der Waals surface area contributed by atoms with E-state index in [9.17, 15) is 0 Å². The van der Waals surface area contributed by atoms with Crippen molar-refractivity contribution in [3.05, 3.63) is 45.7 Å². The van der Waals surface area contributed by atoms with Crippen LogP contribution in [0.1, 0.15) is 29.9 Å². The molecule has 0 saturated heterocycles. The number of rotatable bonds is 6. The predicted molar refractivity (Wildman–Crippen MR) is 88.8 cm³/mol. The standard InChI is InChI=1S/C16H22BrN3O/c1-5-20-15(16(17)11(2)19-20)10-14(18-3)12-7-6-8-13(9-12)21-4/h6-9,14,18H,5,10H2,1-4H3. The highest BCUT2D eigenvalue weighted by atomic mass is 79.9. The van der Waals surface area contributed by atoms with Crippen molar-refractivity contribution in [3.63, 3.8) is 0 Å². The molecule has 4 nitrogen and oxygen atoms in total. The zero-order chi connectivity index (χ0) is 15.4. The minimum Gasteiger partial charge on any atom is -0.497 e. The van der Waals surface area contributed by atoms with Gasteiger partial charge in [0.25, 0.3) is 0 Å². The Morgan fingerprint density at radius 2 is 2.19 bits per heavy atom. The van der Waals surface area contributed by atoms with Crippen LogP contribution in [0.3, 0.4) is 0 Å². The van der Waals surface area contributed by atoms with Gasteiger partial charge in [-0.3, -0.25) is 4.68 Å². The van der Waals surface area contributed by atoms with E-state index in [1.54, 1.807) is 7.11 Å². The SMILES string of the molecule is CCn1nc(C)c(Br)c1CC(NC)c1cccc(OC)c1. The van der Waals surface area contributed by atoms with Crippen LogP contribution in [0.5, 0.6) is 5.75 Å². The number of aryl methyl sites for hydroxylation is 2. The van der Waals surface area contributed by atoms with Crippen LogP contribution in [0.25, 0.3) is 0 Å². The highest BCUT2D eigenvalue weighted by molar-refractivity contribution is 9.10. The number of aromatic nitrogens is 2. The van der Waals surface area contributed by atoms with Gasteiger partial charge < -0.3 is 10.1 Å². The Morgan fingerprint density at radius 3 is 2.81 bits per heavy atom. The maximum Gasteiger partial charge on any atom is 0.119 e. The van der Waals surface area contributed by atoms with Gasteiger partial charge in [0, 0.05) is 19.0 Å². The van der Waals surface area contributed by atoms with Crippen LogP contribution >= 0.6 is 15.9 Å². The lowest BCUT2D eigenvalue weighted by molar-refractivity contribution is 0.413. The lowest BCUT2D eigenvalue weighted by atomic mass is 10.0. The van der Waals surface area contributed by atoms with Crippen LogP contribution in [0.4, 0.5) is 0 Å². The second-order valence-electron chi connectivity index (χ2n) is 4.98. The van der Waals surface area contributed by atoms with Crippen LogP contribution in [0.2, 0.25) is 0 Å². The van der Waals surface area contributed by atoms with Crippen molar-refractivity contribution < 1.29 is 4.74 Å². The maximum atomic E-state index is 5.32. The molecule has 2 aromatic rings. The molecule has 1 atom stereocenters. The molecule has 2 rings (SSSR count). The summed E-state index contributed by atoms with van der Waals surface area (Å²) in [4.78, 5) is 0. The third-order valence-electron chi connectivity index (χ3n) is 3.69. The lowest BCUT2D eigenvalue weighted by Crippen LogP contribution is -2.20. The molecule has 5 heteroatoms. The summed E-state index contributed by atoms with van der Waals surface area (Å²) in [6.45, 7) is 5.01. The summed E-state index contributed by atoms with van der Waals surface area (Å²) in [7, 11) is 3.68. The van der Waals surface area contributed by atoms with E-state index in [1.165, 1.54) is 11.3 Å². The maximum absolute atomic E-state index is 5.32. The Bertz CT molecular complexity index is 610. The van der Waals surface area contributed by atoms with Crippen molar-refractivity contribution in [2.24, 2.45) is 0 Å². The van der Waals surface area contributed by atoms with Gasteiger partial charge in [-0.2, -0.15) is 5.10 Å². The Labute approximate surface area is 134 Å². The lowest BCUT2D eigenvalue weighted by Gasteiger charge is -2.18. The first kappa shape index (κ1) is 16.0. The molecule has 0 fully saturated rings. The van der Waals surface area contributed by atoms with Gasteiger partial charge >= 0.3 is 0 Å². The van der Waals surface area contributed by atoms with Crippen molar-refractivity contribution in [2.45, 2.75) is 32.9 Å². The molecule has 0 spiro atoms. The largest absolute Gasteiger partial charge is 0.497 e. The van der Waals surface area contributed by atoms with E-state index in [0.717, 1.165) is 28.9 Å². The van der Waals surface area contributed by atoms with Crippen molar-refractivity contribution in [2.75, 3.05) is 14.2 Å². The molecular weight excluding hydrogens is 330 g/mol. The summed E-state index contributed by atoms with van der Waals surface area (Å²) in [5.74, 6) is 0.881. The summed E-state index contributed by atoms with van der Waals surface area (Å²) in [5.41, 5.74) is 3.47. The first-order valence-electron chi connectivity index (χ1n) is 7.13. The Morgan fingerprint density at radius 1 is 1.43 bits per heavy atom. The molecule has 21 heavy (non-hydrogen) atoms. The van der Waals surface area contributed by atoms with Crippen molar-refractivity contribution in [1.82, 2.24) is 15.1 Å². The zero-order valence-electron chi connectivity index (χ0n) is 13.0. The summed E-state index contributed by atoms with van der Waals surface area (Å²) in [6, 6.07) is 8.41. The van der Waals surface area contributed by atoms with Gasteiger partial charge in [-0.25, -0.2) is 0 Å². The fourth-order valence-electron chi connectivity index (χ4n) is 2.50. The summed E-state index contributed by atoms with van der Waals surface area (Å²) < 4.78 is 8.48. The van der Waals surface area contributed by atoms with E-state index in [0.29, 0.717) is 0 Å². The first-order chi connectivity index (χ1) is 10.1. The number of nitrogens with zero attached hydrogens (tertiary/aromatic N) is 2. The van der Waals surface area contributed by atoms with E-state index < -0.39 is 0 Å². The Hall–Kier alpha value is -1.33. The molecule has 0 saturated carbocycles. The number of ether oxygens (including phenoxy) is 1. The number of hydrogen-bond acceptors (Lipinski definition) is 3. The van der Waals surface area contributed by atoms with Gasteiger partial charge in [0.2, 0.25) is 0 Å². The van der Waals surface area contributed by atoms with Crippen LogP contribution in [0.15, 0.2) is 28.7 Å². The van der Waals surface area contributed by atoms with Crippen molar-refractivity contribution >= 4 is 15.9 Å². The molecule has 0 bridgehead atoms. The summed E-state index contributed by atoms with van der Waals surface area (Å²) in [5, 5.41) is 7.95. The van der Waals surface area contributed by atoms with E-state index in [-0.39, 0.29) is 6.04 Å². The van der Waals surface area contributed by atoms with Crippen LogP contribution in [-0.2, 0) is 13.0 Å². The van der Waals surface area contributed by atoms with E-state index in [2.05, 4.69) is 50.1 Å². The van der Waals surface area contributed by atoms with Gasteiger partial charge in [0.15, 0.2) is 0 Å². The van der Waals surface area contributed by atoms with Crippen molar-refractivity contribution in [1.29, 1.82) is 0 Å². The molecule has 0 aliphatic heterocycles. The molecule has 0 aliphatic carbocycles. The van der Waals surface area contributed by atoms with Gasteiger partial charge in [-0.05, 0) is 54.5 Å². The predicted octanol–water partition coefficient (Wildman–Crippen LogP) is 3.49. The fraction of sp³-hybridized carbons (Fsp3) is 0.438. The van der Waals surface area contributed by atoms with Gasteiger partial charge in [0.1, 0.15) is 5.75 Å². The number of methoxy groups -OCH3 is 1. The quantitative estimate of drug-likeness (QED) is 0.865. The third-order valence-corrected chi connectivity index (χ3v) is 4.73. The minimum atomic E-state index is 0.220. The second-order valence-corrected chi connectivity index (χ2v) is 5.78. The molecule has 1 aromatic carbocycles. The van der Waals surface area contributed by atoms with Gasteiger partial charge in [-0.1, -0.05) is 12.1 Å². The van der Waals surface area contributed by atoms with E-state index >= 15 is 0 Å². The van der Waals surface area contributed by atoms with E-state index in [1.807, 2.05) is 26.1 Å². The molecular formula is C16H22BrN3O. The smallest absolute Gasteiger partial charge is 0.119 e. The average Bonchev–Trinajstić information content (AvgIpc) is 2.79. The topological polar surface area (TPSA) is 39.1 Å². The molecule has 0 amide bonds. The summed E-state index contributed by atoms with van der Waals surface area (Å²) >= 11 is 3.66. The van der Waals surface area contributed by atoms with Crippen LogP contribution in [-0.4, -0.2) is 23.9 Å². The fourth-order valence-corrected chi connectivity index (χ4v) is 2.95. The summed E-state index contributed by atoms with van der Waals surface area (Å²) in [6.07, 6.45) is 0.874. The Balaban J connectivity index is 2.30. The minimum absolute atomic E-state index is 0.220. The number of likely N-dealkylation sites (N-methyl/N-ethyl adjacent to an activating group) is 1. The van der Waals surface area contributed by atoms with Crippen LogP contribution < -0.4 is 10.1 Å². The molecule has 1 unspecified atom stereocenters. The van der Waals surface area contributed by atoms with Gasteiger partial charge in [0.05, 0.1) is 23.0 Å². The average molecular weight is 352 g/mol. The van der Waals surface area contributed by atoms with Crippen molar-refractivity contribution in [3.8, 4) is 5.75 Å². The molecule has 0 aliphatic rings. The van der Waals surface area contributed by atoms with E-state index in [4.69, 9.17) is 4.74 Å². The van der Waals surface area contributed by atoms with Gasteiger partial charge in [-0.15, -0.1) is 0 Å². The highest BCUT2D eigenvalue weighted by Gasteiger charge is 2.18. The molecule has 1 heterocycles. The number of hydrogen-bond donors (Lipinski definition) is 1. The Kier molecular flexibility index (Phi) is 5.42. The molecule has 114 valence electrons. The zero-order valence-corrected chi connectivity index (χ0v) is 14.6. The molecule has 0 radical (unpaired) electrons. The number of benzene rings is 1. The first-order valence-corrected chi connectivity index (χ1v) is 7.93. The normalized spacial score (nSPS) is 12.4. The third kappa shape index (κ3) is 3.47. The second kappa shape index (κ2) is 7.09. The van der Waals surface area contributed by atoms with Crippen LogP contribution in [0, 0.1) is 6.92 Å². The molecule has 1 aromatic heterocycles. The number of halogens is 1. The highest BCUT2D eigenvalue weighted by Crippen LogP contribution is 2.27. The number of nitrogens with one attached hydrogen (secondary N) is 1. The monoisotopic (exact) mass is 351 g/mol.